The van der Waals surface area contributed by atoms with Crippen molar-refractivity contribution in [3.63, 3.8) is 0 Å². The largest absolute Gasteiger partial charge is 0.336 e. The second kappa shape index (κ2) is 8.05. The smallest absolute Gasteiger partial charge is 0.256 e. The first kappa shape index (κ1) is 20.5. The maximum absolute atomic E-state index is 13.9. The molecule has 0 N–H and O–H groups in total. The van der Waals surface area contributed by atoms with Gasteiger partial charge in [-0.2, -0.15) is 4.31 Å². The van der Waals surface area contributed by atoms with Crippen molar-refractivity contribution in [1.29, 1.82) is 0 Å². The number of hydrogen-bond donors (Lipinski definition) is 0. The Labute approximate surface area is 174 Å². The minimum Gasteiger partial charge on any atom is -0.336 e. The lowest BCUT2D eigenvalue weighted by Gasteiger charge is -2.34. The van der Waals surface area contributed by atoms with E-state index in [-0.39, 0.29) is 46.7 Å². The monoisotopic (exact) mass is 494 g/mol. The number of hydrogen-bond acceptors (Lipinski definition) is 3. The highest BCUT2D eigenvalue weighted by Crippen LogP contribution is 2.27. The number of nitrogens with zero attached hydrogens (tertiary/aromatic N) is 2. The first-order valence-electron chi connectivity index (χ1n) is 7.89. The highest BCUT2D eigenvalue weighted by Gasteiger charge is 2.31. The number of carbonyl (C=O) groups excluding carboxylic acids is 1. The van der Waals surface area contributed by atoms with Crippen LogP contribution in [0.5, 0.6) is 0 Å². The van der Waals surface area contributed by atoms with Crippen LogP contribution >= 0.6 is 39.1 Å². The molecule has 1 aliphatic rings. The van der Waals surface area contributed by atoms with Crippen LogP contribution in [0.4, 0.5) is 4.39 Å². The van der Waals surface area contributed by atoms with Gasteiger partial charge in [0.2, 0.25) is 10.0 Å². The fourth-order valence-corrected chi connectivity index (χ4v) is 4.92. The molecule has 2 aromatic carbocycles. The maximum Gasteiger partial charge on any atom is 0.256 e. The number of amides is 1. The first-order chi connectivity index (χ1) is 12.7. The zero-order chi connectivity index (χ0) is 19.8. The number of rotatable bonds is 3. The molecule has 1 aliphatic heterocycles. The van der Waals surface area contributed by atoms with Crippen molar-refractivity contribution >= 4 is 55.1 Å². The van der Waals surface area contributed by atoms with Gasteiger partial charge >= 0.3 is 0 Å². The molecular formula is C17H14BrCl2FN2O3S. The van der Waals surface area contributed by atoms with Crippen molar-refractivity contribution in [3.05, 3.63) is 62.3 Å². The Kier molecular flexibility index (Phi) is 6.12. The third-order valence-corrected chi connectivity index (χ3v) is 7.34. The molecule has 10 heteroatoms. The standard InChI is InChI=1S/C17H14BrCl2FN2O3S/c18-11-1-4-16(21)13(9-11)17(24)22-5-7-23(8-6-22)27(25,26)12-2-3-14(19)15(20)10-12/h1-4,9-10H,5-8H2. The van der Waals surface area contributed by atoms with Gasteiger partial charge < -0.3 is 4.90 Å². The highest BCUT2D eigenvalue weighted by atomic mass is 79.9. The summed E-state index contributed by atoms with van der Waals surface area (Å²) in [5.41, 5.74) is -0.0508. The first-order valence-corrected chi connectivity index (χ1v) is 10.9. The lowest BCUT2D eigenvalue weighted by atomic mass is 10.1. The van der Waals surface area contributed by atoms with E-state index in [4.69, 9.17) is 23.2 Å². The predicted octanol–water partition coefficient (Wildman–Crippen LogP) is 4.04. The van der Waals surface area contributed by atoms with E-state index in [1.807, 2.05) is 0 Å². The average molecular weight is 496 g/mol. The van der Waals surface area contributed by atoms with Crippen LogP contribution in [0.25, 0.3) is 0 Å². The minimum atomic E-state index is -3.76. The molecular weight excluding hydrogens is 482 g/mol. The molecule has 1 amide bonds. The van der Waals surface area contributed by atoms with E-state index >= 15 is 0 Å². The Morgan fingerprint density at radius 1 is 1.00 bits per heavy atom. The summed E-state index contributed by atoms with van der Waals surface area (Å²) in [6.45, 7) is 0.518. The molecule has 3 rings (SSSR count). The summed E-state index contributed by atoms with van der Waals surface area (Å²) < 4.78 is 41.3. The summed E-state index contributed by atoms with van der Waals surface area (Å²) in [7, 11) is -3.76. The van der Waals surface area contributed by atoms with Crippen molar-refractivity contribution < 1.29 is 17.6 Å². The second-order valence-corrected chi connectivity index (χ2v) is 9.56. The SMILES string of the molecule is O=C(c1cc(Br)ccc1F)N1CCN(S(=O)(=O)c2ccc(Cl)c(Cl)c2)CC1. The summed E-state index contributed by atoms with van der Waals surface area (Å²) in [5.74, 6) is -1.09. The van der Waals surface area contributed by atoms with Crippen molar-refractivity contribution in [2.45, 2.75) is 4.90 Å². The van der Waals surface area contributed by atoms with Crippen molar-refractivity contribution in [1.82, 2.24) is 9.21 Å². The van der Waals surface area contributed by atoms with E-state index in [1.165, 1.54) is 45.6 Å². The Hall–Kier alpha value is -1.19. The predicted molar refractivity (Wildman–Crippen MR) is 105 cm³/mol. The molecule has 0 aliphatic carbocycles. The third-order valence-electron chi connectivity index (χ3n) is 4.21. The number of halogens is 4. The minimum absolute atomic E-state index is 0.0368. The van der Waals surface area contributed by atoms with Gasteiger partial charge in [0.25, 0.3) is 5.91 Å². The molecule has 0 bridgehead atoms. The molecule has 0 spiro atoms. The molecule has 2 aromatic rings. The van der Waals surface area contributed by atoms with Gasteiger partial charge in [-0.25, -0.2) is 12.8 Å². The van der Waals surface area contributed by atoms with Crippen molar-refractivity contribution in [3.8, 4) is 0 Å². The summed E-state index contributed by atoms with van der Waals surface area (Å²) in [6, 6.07) is 8.24. The zero-order valence-corrected chi connectivity index (χ0v) is 17.7. The zero-order valence-electron chi connectivity index (χ0n) is 13.8. The molecule has 0 aromatic heterocycles. The van der Waals surface area contributed by atoms with Crippen LogP contribution in [0.15, 0.2) is 45.8 Å². The Morgan fingerprint density at radius 2 is 1.67 bits per heavy atom. The van der Waals surface area contributed by atoms with Gasteiger partial charge in [-0.1, -0.05) is 39.1 Å². The Balaban J connectivity index is 1.73. The van der Waals surface area contributed by atoms with Gasteiger partial charge in [0.15, 0.2) is 0 Å². The van der Waals surface area contributed by atoms with E-state index in [0.717, 1.165) is 0 Å². The number of piperazine rings is 1. The van der Waals surface area contributed by atoms with E-state index in [1.54, 1.807) is 0 Å². The summed E-state index contributed by atoms with van der Waals surface area (Å²) >= 11 is 15.0. The Morgan fingerprint density at radius 3 is 2.30 bits per heavy atom. The normalized spacial score (nSPS) is 15.8. The fraction of sp³-hybridized carbons (Fsp3) is 0.235. The number of sulfonamides is 1. The molecule has 0 radical (unpaired) electrons. The van der Waals surface area contributed by atoms with E-state index in [9.17, 15) is 17.6 Å². The average Bonchev–Trinajstić information content (AvgIpc) is 2.65. The highest BCUT2D eigenvalue weighted by molar-refractivity contribution is 9.10. The van der Waals surface area contributed by atoms with Crippen molar-refractivity contribution in [2.24, 2.45) is 0 Å². The fourth-order valence-electron chi connectivity index (χ4n) is 2.75. The van der Waals surface area contributed by atoms with Gasteiger partial charge in [-0.15, -0.1) is 0 Å². The molecule has 1 fully saturated rings. The molecule has 1 heterocycles. The van der Waals surface area contributed by atoms with Crippen LogP contribution in [0, 0.1) is 5.82 Å². The van der Waals surface area contributed by atoms with Crippen LogP contribution in [0.2, 0.25) is 10.0 Å². The Bertz CT molecular complexity index is 996. The quantitative estimate of drug-likeness (QED) is 0.645. The lowest BCUT2D eigenvalue weighted by molar-refractivity contribution is 0.0693. The van der Waals surface area contributed by atoms with Gasteiger partial charge in [0.1, 0.15) is 5.82 Å². The van der Waals surface area contributed by atoms with Crippen LogP contribution in [-0.2, 0) is 10.0 Å². The lowest BCUT2D eigenvalue weighted by Crippen LogP contribution is -2.50. The third kappa shape index (κ3) is 4.30. The molecule has 5 nitrogen and oxygen atoms in total. The molecule has 1 saturated heterocycles. The number of benzene rings is 2. The van der Waals surface area contributed by atoms with E-state index in [2.05, 4.69) is 15.9 Å². The molecule has 0 saturated carbocycles. The van der Waals surface area contributed by atoms with Gasteiger partial charge in [-0.05, 0) is 36.4 Å². The summed E-state index contributed by atoms with van der Waals surface area (Å²) in [6.07, 6.45) is 0. The molecule has 0 atom stereocenters. The molecule has 144 valence electrons. The second-order valence-electron chi connectivity index (χ2n) is 5.90. The van der Waals surface area contributed by atoms with E-state index in [0.29, 0.717) is 4.47 Å². The molecule has 0 unspecified atom stereocenters. The van der Waals surface area contributed by atoms with E-state index < -0.39 is 21.7 Å². The number of carbonyl (C=O) groups is 1. The summed E-state index contributed by atoms with van der Waals surface area (Å²) in [5, 5.41) is 0.416. The van der Waals surface area contributed by atoms with Gasteiger partial charge in [-0.3, -0.25) is 4.79 Å². The summed E-state index contributed by atoms with van der Waals surface area (Å²) in [4.78, 5) is 14.0. The topological polar surface area (TPSA) is 57.7 Å². The van der Waals surface area contributed by atoms with Gasteiger partial charge in [0, 0.05) is 30.7 Å². The van der Waals surface area contributed by atoms with Crippen LogP contribution in [-0.4, -0.2) is 49.7 Å². The molecule has 27 heavy (non-hydrogen) atoms. The van der Waals surface area contributed by atoms with Crippen LogP contribution in [0.3, 0.4) is 0 Å². The van der Waals surface area contributed by atoms with Gasteiger partial charge in [0.05, 0.1) is 20.5 Å². The maximum atomic E-state index is 13.9. The van der Waals surface area contributed by atoms with Crippen LogP contribution < -0.4 is 0 Å². The van der Waals surface area contributed by atoms with Crippen LogP contribution in [0.1, 0.15) is 10.4 Å². The van der Waals surface area contributed by atoms with Crippen molar-refractivity contribution in [2.75, 3.05) is 26.2 Å².